The third-order valence-corrected chi connectivity index (χ3v) is 4.19. The van der Waals surface area contributed by atoms with Crippen LogP contribution in [-0.4, -0.2) is 11.0 Å². The van der Waals surface area contributed by atoms with Gasteiger partial charge in [-0.05, 0) is 45.6 Å². The highest BCUT2D eigenvalue weighted by Crippen LogP contribution is 2.37. The highest BCUT2D eigenvalue weighted by molar-refractivity contribution is 9.10. The first-order valence-electron chi connectivity index (χ1n) is 6.79. The van der Waals surface area contributed by atoms with Crippen molar-refractivity contribution in [1.82, 2.24) is 0 Å². The Morgan fingerprint density at radius 2 is 1.86 bits per heavy atom. The summed E-state index contributed by atoms with van der Waals surface area (Å²) in [4.78, 5) is 12.4. The molecule has 0 aliphatic carbocycles. The number of halogens is 2. The van der Waals surface area contributed by atoms with Gasteiger partial charge in [0.1, 0.15) is 5.75 Å². The second-order valence-corrected chi connectivity index (χ2v) is 7.30. The maximum absolute atomic E-state index is 12.4. The molecule has 2 rings (SSSR count). The minimum Gasteiger partial charge on any atom is -0.506 e. The van der Waals surface area contributed by atoms with Crippen molar-refractivity contribution in [2.75, 3.05) is 5.32 Å². The van der Waals surface area contributed by atoms with Crippen LogP contribution in [0.1, 0.15) is 36.7 Å². The minimum atomic E-state index is -0.284. The first kappa shape index (κ1) is 16.8. The van der Waals surface area contributed by atoms with Crippen LogP contribution in [0.4, 0.5) is 5.69 Å². The zero-order valence-corrected chi connectivity index (χ0v) is 14.9. The Morgan fingerprint density at radius 3 is 2.45 bits per heavy atom. The molecular formula is C17H17BrClNO2. The van der Waals surface area contributed by atoms with Gasteiger partial charge in [0.15, 0.2) is 0 Å². The average Bonchev–Trinajstić information content (AvgIpc) is 2.42. The number of anilines is 1. The fourth-order valence-corrected chi connectivity index (χ4v) is 2.70. The Morgan fingerprint density at radius 1 is 1.23 bits per heavy atom. The van der Waals surface area contributed by atoms with Crippen LogP contribution in [-0.2, 0) is 5.41 Å². The molecule has 0 heterocycles. The first-order chi connectivity index (χ1) is 10.2. The van der Waals surface area contributed by atoms with Crippen molar-refractivity contribution in [3.63, 3.8) is 0 Å². The van der Waals surface area contributed by atoms with E-state index in [2.05, 4.69) is 21.2 Å². The Balaban J connectivity index is 2.39. The molecule has 0 atom stereocenters. The summed E-state index contributed by atoms with van der Waals surface area (Å²) in [5.41, 5.74) is 1.42. The van der Waals surface area contributed by atoms with Crippen molar-refractivity contribution in [3.8, 4) is 5.75 Å². The number of carbonyl (C=O) groups excluding carboxylic acids is 1. The van der Waals surface area contributed by atoms with Gasteiger partial charge >= 0.3 is 0 Å². The van der Waals surface area contributed by atoms with Gasteiger partial charge in [0.05, 0.1) is 15.2 Å². The van der Waals surface area contributed by atoms with Crippen LogP contribution < -0.4 is 5.32 Å². The van der Waals surface area contributed by atoms with Crippen LogP contribution in [0.3, 0.4) is 0 Å². The number of hydrogen-bond donors (Lipinski definition) is 2. The molecule has 2 aromatic rings. The molecule has 3 nitrogen and oxygen atoms in total. The molecule has 22 heavy (non-hydrogen) atoms. The normalized spacial score (nSPS) is 11.3. The Kier molecular flexibility index (Phi) is 4.83. The molecule has 5 heteroatoms. The van der Waals surface area contributed by atoms with Crippen LogP contribution in [0.25, 0.3) is 0 Å². The van der Waals surface area contributed by atoms with E-state index in [1.807, 2.05) is 20.8 Å². The van der Waals surface area contributed by atoms with E-state index in [4.69, 9.17) is 11.6 Å². The van der Waals surface area contributed by atoms with Gasteiger partial charge in [-0.25, -0.2) is 0 Å². The SMILES string of the molecule is CC(C)(C)c1cc(C(=O)Nc2ccccc2Cl)cc(Br)c1O. The molecule has 0 bridgehead atoms. The number of carbonyl (C=O) groups is 1. The van der Waals surface area contributed by atoms with Crippen molar-refractivity contribution in [2.45, 2.75) is 26.2 Å². The monoisotopic (exact) mass is 381 g/mol. The first-order valence-corrected chi connectivity index (χ1v) is 7.96. The molecule has 0 saturated heterocycles. The number of para-hydroxylation sites is 1. The lowest BCUT2D eigenvalue weighted by Crippen LogP contribution is -2.16. The van der Waals surface area contributed by atoms with Crippen LogP contribution in [0.5, 0.6) is 5.75 Å². The van der Waals surface area contributed by atoms with E-state index in [0.717, 1.165) is 0 Å². The summed E-state index contributed by atoms with van der Waals surface area (Å²) < 4.78 is 0.490. The summed E-state index contributed by atoms with van der Waals surface area (Å²) in [5.74, 6) is -0.124. The van der Waals surface area contributed by atoms with Crippen molar-refractivity contribution < 1.29 is 9.90 Å². The number of aromatic hydroxyl groups is 1. The van der Waals surface area contributed by atoms with Gasteiger partial charge in [0, 0.05) is 11.1 Å². The summed E-state index contributed by atoms with van der Waals surface area (Å²) in [6, 6.07) is 10.3. The lowest BCUT2D eigenvalue weighted by Gasteiger charge is -2.22. The lowest BCUT2D eigenvalue weighted by atomic mass is 9.85. The smallest absolute Gasteiger partial charge is 0.255 e. The predicted molar refractivity (Wildman–Crippen MR) is 93.9 cm³/mol. The van der Waals surface area contributed by atoms with Crippen LogP contribution >= 0.6 is 27.5 Å². The van der Waals surface area contributed by atoms with Crippen molar-refractivity contribution >= 4 is 39.1 Å². The number of hydrogen-bond acceptors (Lipinski definition) is 2. The molecule has 0 aliphatic rings. The summed E-state index contributed by atoms with van der Waals surface area (Å²) in [7, 11) is 0. The largest absolute Gasteiger partial charge is 0.506 e. The predicted octanol–water partition coefficient (Wildman–Crippen LogP) is 5.36. The number of benzene rings is 2. The molecule has 116 valence electrons. The molecule has 0 radical (unpaired) electrons. The Hall–Kier alpha value is -1.52. The van der Waals surface area contributed by atoms with E-state index in [1.165, 1.54) is 0 Å². The number of rotatable bonds is 2. The maximum Gasteiger partial charge on any atom is 0.255 e. The number of phenols is 1. The maximum atomic E-state index is 12.4. The van der Waals surface area contributed by atoms with Crippen molar-refractivity contribution in [1.29, 1.82) is 0 Å². The molecule has 0 aromatic heterocycles. The van der Waals surface area contributed by atoms with Gasteiger partial charge in [-0.15, -0.1) is 0 Å². The molecule has 1 amide bonds. The van der Waals surface area contributed by atoms with E-state index >= 15 is 0 Å². The van der Waals surface area contributed by atoms with Gasteiger partial charge in [-0.2, -0.15) is 0 Å². The van der Waals surface area contributed by atoms with Crippen LogP contribution in [0.15, 0.2) is 40.9 Å². The summed E-state index contributed by atoms with van der Waals surface area (Å²) in [5, 5.41) is 13.4. The number of phenolic OH excluding ortho intramolecular Hbond substituents is 1. The van der Waals surface area contributed by atoms with Gasteiger partial charge in [0.2, 0.25) is 0 Å². The molecule has 2 aromatic carbocycles. The fourth-order valence-electron chi connectivity index (χ4n) is 2.06. The van der Waals surface area contributed by atoms with Crippen LogP contribution in [0, 0.1) is 0 Å². The third kappa shape index (κ3) is 3.62. The standard InChI is InChI=1S/C17H17BrClNO2/c1-17(2,3)11-8-10(9-12(18)15(11)21)16(22)20-14-7-5-4-6-13(14)19/h4-9,21H,1-3H3,(H,20,22). The topological polar surface area (TPSA) is 49.3 Å². The molecule has 0 spiro atoms. The highest BCUT2D eigenvalue weighted by atomic mass is 79.9. The quantitative estimate of drug-likeness (QED) is 0.734. The third-order valence-electron chi connectivity index (χ3n) is 3.26. The van der Waals surface area contributed by atoms with Crippen molar-refractivity contribution in [2.24, 2.45) is 0 Å². The second-order valence-electron chi connectivity index (χ2n) is 6.04. The Bertz CT molecular complexity index is 723. The van der Waals surface area contributed by atoms with E-state index in [9.17, 15) is 9.90 Å². The summed E-state index contributed by atoms with van der Waals surface area (Å²) in [6.07, 6.45) is 0. The van der Waals surface area contributed by atoms with Gasteiger partial charge in [-0.1, -0.05) is 44.5 Å². The Labute approximate surface area is 143 Å². The van der Waals surface area contributed by atoms with Crippen molar-refractivity contribution in [3.05, 3.63) is 57.0 Å². The fraction of sp³-hybridized carbons (Fsp3) is 0.235. The molecule has 0 unspecified atom stereocenters. The van der Waals surface area contributed by atoms with E-state index in [1.54, 1.807) is 36.4 Å². The summed E-state index contributed by atoms with van der Waals surface area (Å²) in [6.45, 7) is 5.93. The number of nitrogens with one attached hydrogen (secondary N) is 1. The zero-order valence-electron chi connectivity index (χ0n) is 12.6. The highest BCUT2D eigenvalue weighted by Gasteiger charge is 2.22. The van der Waals surface area contributed by atoms with Gasteiger partial charge < -0.3 is 10.4 Å². The minimum absolute atomic E-state index is 0.154. The zero-order chi connectivity index (χ0) is 16.5. The van der Waals surface area contributed by atoms with Gasteiger partial charge in [-0.3, -0.25) is 4.79 Å². The van der Waals surface area contributed by atoms with E-state index in [0.29, 0.717) is 26.3 Å². The average molecular weight is 383 g/mol. The molecule has 0 fully saturated rings. The van der Waals surface area contributed by atoms with Crippen LogP contribution in [0.2, 0.25) is 5.02 Å². The summed E-state index contributed by atoms with van der Waals surface area (Å²) >= 11 is 9.35. The van der Waals surface area contributed by atoms with Gasteiger partial charge in [0.25, 0.3) is 5.91 Å². The lowest BCUT2D eigenvalue weighted by molar-refractivity contribution is 0.102. The molecule has 0 saturated carbocycles. The number of amides is 1. The van der Waals surface area contributed by atoms with E-state index < -0.39 is 0 Å². The molecular weight excluding hydrogens is 366 g/mol. The van der Waals surface area contributed by atoms with E-state index in [-0.39, 0.29) is 17.1 Å². The molecule has 2 N–H and O–H groups in total. The molecule has 0 aliphatic heterocycles. The second kappa shape index (κ2) is 6.31.